The second-order valence-electron chi connectivity index (χ2n) is 3.28. The molecule has 1 aliphatic carbocycles. The highest BCUT2D eigenvalue weighted by Crippen LogP contribution is 2.34. The van der Waals surface area contributed by atoms with Crippen LogP contribution in [-0.4, -0.2) is 17.3 Å². The van der Waals surface area contributed by atoms with Gasteiger partial charge in [0.2, 0.25) is 0 Å². The van der Waals surface area contributed by atoms with Crippen molar-refractivity contribution in [3.05, 3.63) is 0 Å². The van der Waals surface area contributed by atoms with Gasteiger partial charge in [-0.3, -0.25) is 0 Å². The molecule has 0 saturated heterocycles. The van der Waals surface area contributed by atoms with Gasteiger partial charge >= 0.3 is 0 Å². The molecule has 60 valence electrons. The number of nitrogens with two attached hydrogens (primary N) is 1. The van der Waals surface area contributed by atoms with Crippen LogP contribution < -0.4 is 5.73 Å². The minimum Gasteiger partial charge on any atom is -0.391 e. The van der Waals surface area contributed by atoms with Gasteiger partial charge in [0.25, 0.3) is 0 Å². The van der Waals surface area contributed by atoms with Gasteiger partial charge in [0.1, 0.15) is 0 Å². The normalized spacial score (nSPS) is 24.3. The molecule has 0 aromatic rings. The van der Waals surface area contributed by atoms with E-state index < -0.39 is 0 Å². The van der Waals surface area contributed by atoms with Crippen LogP contribution >= 0.6 is 0 Å². The Morgan fingerprint density at radius 3 is 2.60 bits per heavy atom. The minimum atomic E-state index is -0.222. The summed E-state index contributed by atoms with van der Waals surface area (Å²) in [5, 5.41) is 9.46. The average Bonchev–Trinajstić information content (AvgIpc) is 2.68. The van der Waals surface area contributed by atoms with Crippen LogP contribution in [0.4, 0.5) is 0 Å². The van der Waals surface area contributed by atoms with E-state index in [1.54, 1.807) is 0 Å². The highest BCUT2D eigenvalue weighted by atomic mass is 16.3. The van der Waals surface area contributed by atoms with E-state index in [1.165, 1.54) is 12.8 Å². The van der Waals surface area contributed by atoms with Gasteiger partial charge < -0.3 is 10.8 Å². The van der Waals surface area contributed by atoms with Crippen LogP contribution in [0.3, 0.4) is 0 Å². The molecule has 0 spiro atoms. The van der Waals surface area contributed by atoms with E-state index in [0.717, 1.165) is 12.8 Å². The van der Waals surface area contributed by atoms with Crippen molar-refractivity contribution in [3.63, 3.8) is 0 Å². The van der Waals surface area contributed by atoms with E-state index in [9.17, 15) is 5.11 Å². The van der Waals surface area contributed by atoms with Crippen LogP contribution in [0.2, 0.25) is 0 Å². The summed E-state index contributed by atoms with van der Waals surface area (Å²) in [7, 11) is 0. The molecule has 0 unspecified atom stereocenters. The zero-order chi connectivity index (χ0) is 7.56. The molecule has 0 aromatic heterocycles. The fourth-order valence-electron chi connectivity index (χ4n) is 1.29. The van der Waals surface area contributed by atoms with Gasteiger partial charge in [-0.2, -0.15) is 0 Å². The molecule has 0 aliphatic heterocycles. The summed E-state index contributed by atoms with van der Waals surface area (Å²) in [5.74, 6) is 0.529. The predicted molar refractivity (Wildman–Crippen MR) is 41.6 cm³/mol. The van der Waals surface area contributed by atoms with Crippen molar-refractivity contribution < 1.29 is 5.11 Å². The molecule has 0 aromatic carbocycles. The van der Waals surface area contributed by atoms with E-state index >= 15 is 0 Å². The first-order valence-corrected chi connectivity index (χ1v) is 4.19. The fourth-order valence-corrected chi connectivity index (χ4v) is 1.29. The molecule has 2 nitrogen and oxygen atoms in total. The lowest BCUT2D eigenvalue weighted by atomic mass is 10.0. The van der Waals surface area contributed by atoms with E-state index in [2.05, 4.69) is 6.92 Å². The molecule has 0 radical (unpaired) electrons. The van der Waals surface area contributed by atoms with Crippen molar-refractivity contribution in [1.29, 1.82) is 0 Å². The molecule has 3 N–H and O–H groups in total. The Kier molecular flexibility index (Phi) is 2.69. The third kappa shape index (κ3) is 1.96. The number of hydrogen-bond donors (Lipinski definition) is 2. The Morgan fingerprint density at radius 1 is 1.60 bits per heavy atom. The molecule has 1 fully saturated rings. The molecular formula is C8H17NO. The third-order valence-corrected chi connectivity index (χ3v) is 2.17. The monoisotopic (exact) mass is 143 g/mol. The van der Waals surface area contributed by atoms with E-state index in [-0.39, 0.29) is 12.1 Å². The van der Waals surface area contributed by atoms with Crippen molar-refractivity contribution in [1.82, 2.24) is 0 Å². The maximum Gasteiger partial charge on any atom is 0.0719 e. The molecule has 2 atom stereocenters. The van der Waals surface area contributed by atoms with Gasteiger partial charge in [0, 0.05) is 6.04 Å². The summed E-state index contributed by atoms with van der Waals surface area (Å²) in [4.78, 5) is 0. The van der Waals surface area contributed by atoms with Crippen molar-refractivity contribution >= 4 is 0 Å². The number of aliphatic hydroxyl groups excluding tert-OH is 1. The van der Waals surface area contributed by atoms with Gasteiger partial charge in [-0.15, -0.1) is 0 Å². The molecule has 1 rings (SSSR count). The van der Waals surface area contributed by atoms with E-state index in [0.29, 0.717) is 5.92 Å². The summed E-state index contributed by atoms with van der Waals surface area (Å²) in [6, 6.07) is 0.0255. The van der Waals surface area contributed by atoms with E-state index in [1.807, 2.05) is 0 Å². The quantitative estimate of drug-likeness (QED) is 0.613. The molecule has 0 amide bonds. The second-order valence-corrected chi connectivity index (χ2v) is 3.28. The second kappa shape index (κ2) is 3.35. The predicted octanol–water partition coefficient (Wildman–Crippen LogP) is 0.885. The third-order valence-electron chi connectivity index (χ3n) is 2.17. The van der Waals surface area contributed by atoms with Crippen LogP contribution in [0.15, 0.2) is 0 Å². The van der Waals surface area contributed by atoms with Gasteiger partial charge in [-0.1, -0.05) is 13.3 Å². The largest absolute Gasteiger partial charge is 0.391 e. The van der Waals surface area contributed by atoms with Crippen LogP contribution in [0, 0.1) is 5.92 Å². The smallest absolute Gasteiger partial charge is 0.0719 e. The lowest BCUT2D eigenvalue weighted by Crippen LogP contribution is -2.35. The molecule has 2 heteroatoms. The van der Waals surface area contributed by atoms with Crippen LogP contribution in [0.25, 0.3) is 0 Å². The first-order valence-electron chi connectivity index (χ1n) is 4.19. The SMILES string of the molecule is CCC[C@H](N)[C@H](O)C1CC1. The zero-order valence-electron chi connectivity index (χ0n) is 6.59. The van der Waals surface area contributed by atoms with Crippen molar-refractivity contribution in [2.75, 3.05) is 0 Å². The Morgan fingerprint density at radius 2 is 2.20 bits per heavy atom. The summed E-state index contributed by atoms with van der Waals surface area (Å²) < 4.78 is 0. The molecule has 1 saturated carbocycles. The van der Waals surface area contributed by atoms with Gasteiger partial charge in [-0.25, -0.2) is 0 Å². The first kappa shape index (κ1) is 8.02. The summed E-state index contributed by atoms with van der Waals surface area (Å²) >= 11 is 0. The lowest BCUT2D eigenvalue weighted by molar-refractivity contribution is 0.118. The van der Waals surface area contributed by atoms with Crippen molar-refractivity contribution in [2.45, 2.75) is 44.8 Å². The standard InChI is InChI=1S/C8H17NO/c1-2-3-7(9)8(10)6-4-5-6/h6-8,10H,2-5,9H2,1H3/t7-,8+/m0/s1. The highest BCUT2D eigenvalue weighted by molar-refractivity contribution is 4.86. The summed E-state index contributed by atoms with van der Waals surface area (Å²) in [6.45, 7) is 2.10. The fraction of sp³-hybridized carbons (Fsp3) is 1.00. The average molecular weight is 143 g/mol. The molecule has 0 heterocycles. The van der Waals surface area contributed by atoms with Crippen LogP contribution in [0.1, 0.15) is 32.6 Å². The Labute approximate surface area is 62.4 Å². The molecule has 0 bridgehead atoms. The Balaban J connectivity index is 2.17. The number of hydrogen-bond acceptors (Lipinski definition) is 2. The van der Waals surface area contributed by atoms with E-state index in [4.69, 9.17) is 5.73 Å². The summed E-state index contributed by atoms with van der Waals surface area (Å²) in [5.41, 5.74) is 5.72. The Hall–Kier alpha value is -0.0800. The van der Waals surface area contributed by atoms with Gasteiger partial charge in [-0.05, 0) is 25.2 Å². The maximum absolute atomic E-state index is 9.46. The molecule has 10 heavy (non-hydrogen) atoms. The van der Waals surface area contributed by atoms with Gasteiger partial charge in [0.05, 0.1) is 6.10 Å². The van der Waals surface area contributed by atoms with Gasteiger partial charge in [0.15, 0.2) is 0 Å². The van der Waals surface area contributed by atoms with Crippen LogP contribution in [0.5, 0.6) is 0 Å². The Bertz CT molecular complexity index is 101. The minimum absolute atomic E-state index is 0.0255. The topological polar surface area (TPSA) is 46.2 Å². The lowest BCUT2D eigenvalue weighted by Gasteiger charge is -2.16. The summed E-state index contributed by atoms with van der Waals surface area (Å²) in [6.07, 6.45) is 4.17. The number of rotatable bonds is 4. The first-order chi connectivity index (χ1) is 4.75. The highest BCUT2D eigenvalue weighted by Gasteiger charge is 2.32. The molecular weight excluding hydrogens is 126 g/mol. The molecule has 1 aliphatic rings. The van der Waals surface area contributed by atoms with Crippen molar-refractivity contribution in [2.24, 2.45) is 11.7 Å². The van der Waals surface area contributed by atoms with Crippen LogP contribution in [-0.2, 0) is 0 Å². The zero-order valence-corrected chi connectivity index (χ0v) is 6.59. The maximum atomic E-state index is 9.46. The number of aliphatic hydroxyl groups is 1. The van der Waals surface area contributed by atoms with Crippen molar-refractivity contribution in [3.8, 4) is 0 Å².